The van der Waals surface area contributed by atoms with Crippen LogP contribution in [0.25, 0.3) is 0 Å². The first-order chi connectivity index (χ1) is 10.5. The average Bonchev–Trinajstić information content (AvgIpc) is 3.20. The second kappa shape index (κ2) is 4.10. The molecule has 3 aliphatic rings. The minimum atomic E-state index is -1.66. The molecule has 2 N–H and O–H groups in total. The predicted octanol–water partition coefficient (Wildman–Crippen LogP) is 2.09. The van der Waals surface area contributed by atoms with Gasteiger partial charge in [0, 0.05) is 18.2 Å². The van der Waals surface area contributed by atoms with Gasteiger partial charge in [-0.15, -0.1) is 0 Å². The summed E-state index contributed by atoms with van der Waals surface area (Å²) < 4.78 is 5.69. The summed E-state index contributed by atoms with van der Waals surface area (Å²) in [6.07, 6.45) is 4.23. The first-order valence-electron chi connectivity index (χ1n) is 7.78. The molecule has 2 spiro atoms. The van der Waals surface area contributed by atoms with E-state index in [1.54, 1.807) is 24.3 Å². The molecule has 5 heteroatoms. The fourth-order valence-corrected chi connectivity index (χ4v) is 4.36. The van der Waals surface area contributed by atoms with E-state index in [1.165, 1.54) is 6.92 Å². The van der Waals surface area contributed by atoms with Crippen LogP contribution in [-0.4, -0.2) is 22.6 Å². The average molecular weight is 301 g/mol. The van der Waals surface area contributed by atoms with E-state index >= 15 is 0 Å². The lowest BCUT2D eigenvalue weighted by atomic mass is 9.62. The van der Waals surface area contributed by atoms with Crippen molar-refractivity contribution in [3.8, 4) is 0 Å². The number of nitrogens with one attached hydrogen (secondary N) is 1. The number of ether oxygens (including phenoxy) is 1. The lowest BCUT2D eigenvalue weighted by Crippen LogP contribution is -2.50. The lowest BCUT2D eigenvalue weighted by molar-refractivity contribution is -0.163. The zero-order chi connectivity index (χ0) is 15.6. The molecule has 2 saturated carbocycles. The molecule has 3 fully saturated rings. The Morgan fingerprint density at radius 3 is 2.45 bits per heavy atom. The molecule has 1 aromatic carbocycles. The van der Waals surface area contributed by atoms with Crippen LogP contribution in [-0.2, 0) is 19.9 Å². The topological polar surface area (TPSA) is 75.6 Å². The Bertz CT molecular complexity index is 675. The SMILES string of the molecule is CC(=O)Nc1ccccc1[C@@]1(O)C(=O)OC2(CCC2)C12CC2. The Hall–Kier alpha value is -1.88. The number of benzene rings is 1. The number of aliphatic hydroxyl groups is 1. The second-order valence-corrected chi connectivity index (χ2v) is 6.76. The van der Waals surface area contributed by atoms with Gasteiger partial charge in [0.15, 0.2) is 5.60 Å². The van der Waals surface area contributed by atoms with Crippen LogP contribution in [0.15, 0.2) is 24.3 Å². The fourth-order valence-electron chi connectivity index (χ4n) is 4.36. The Kier molecular flexibility index (Phi) is 2.57. The molecule has 5 nitrogen and oxygen atoms in total. The standard InChI is InChI=1S/C17H19NO4/c1-11(19)18-13-6-3-2-5-12(13)17(21)14(20)22-16(7-4-8-16)15(17)9-10-15/h2-3,5-6,21H,4,7-10H2,1H3,(H,18,19)/t17-/m1/s1. The molecule has 1 saturated heterocycles. The van der Waals surface area contributed by atoms with Gasteiger partial charge in [0.2, 0.25) is 5.91 Å². The van der Waals surface area contributed by atoms with Crippen LogP contribution < -0.4 is 5.32 Å². The maximum atomic E-state index is 12.6. The van der Waals surface area contributed by atoms with Gasteiger partial charge in [0.25, 0.3) is 0 Å². The fraction of sp³-hybridized carbons (Fsp3) is 0.529. The molecular weight excluding hydrogens is 282 g/mol. The summed E-state index contributed by atoms with van der Waals surface area (Å²) in [6, 6.07) is 6.97. The maximum Gasteiger partial charge on any atom is 0.344 e. The second-order valence-electron chi connectivity index (χ2n) is 6.76. The quantitative estimate of drug-likeness (QED) is 0.820. The van der Waals surface area contributed by atoms with Crippen LogP contribution in [0.1, 0.15) is 44.6 Å². The molecule has 0 unspecified atom stereocenters. The van der Waals surface area contributed by atoms with Gasteiger partial charge >= 0.3 is 5.97 Å². The third kappa shape index (κ3) is 1.42. The summed E-state index contributed by atoms with van der Waals surface area (Å²) in [5.74, 6) is -0.798. The van der Waals surface area contributed by atoms with Crippen molar-refractivity contribution >= 4 is 17.6 Å². The molecule has 0 radical (unpaired) electrons. The third-order valence-corrected chi connectivity index (χ3v) is 5.69. The van der Waals surface area contributed by atoms with Gasteiger partial charge in [0.05, 0.1) is 5.41 Å². The third-order valence-electron chi connectivity index (χ3n) is 5.69. The molecule has 1 aliphatic heterocycles. The van der Waals surface area contributed by atoms with Crippen LogP contribution in [0.4, 0.5) is 5.69 Å². The molecule has 0 bridgehead atoms. The van der Waals surface area contributed by atoms with Crippen molar-refractivity contribution < 1.29 is 19.4 Å². The molecule has 1 aromatic rings. The minimum absolute atomic E-state index is 0.231. The van der Waals surface area contributed by atoms with E-state index in [9.17, 15) is 14.7 Å². The summed E-state index contributed by atoms with van der Waals surface area (Å²) in [7, 11) is 0. The molecule has 1 heterocycles. The van der Waals surface area contributed by atoms with E-state index in [-0.39, 0.29) is 5.91 Å². The predicted molar refractivity (Wildman–Crippen MR) is 79.0 cm³/mol. The van der Waals surface area contributed by atoms with Gasteiger partial charge in [-0.05, 0) is 38.2 Å². The zero-order valence-corrected chi connectivity index (χ0v) is 12.5. The van der Waals surface area contributed by atoms with Crippen molar-refractivity contribution in [2.24, 2.45) is 5.41 Å². The van der Waals surface area contributed by atoms with E-state index in [0.29, 0.717) is 11.3 Å². The van der Waals surface area contributed by atoms with E-state index in [4.69, 9.17) is 4.74 Å². The summed E-state index contributed by atoms with van der Waals surface area (Å²) >= 11 is 0. The molecular formula is C17H19NO4. The zero-order valence-electron chi connectivity index (χ0n) is 12.5. The number of rotatable bonds is 2. The number of carbonyl (C=O) groups is 2. The normalized spacial score (nSPS) is 30.0. The smallest absolute Gasteiger partial charge is 0.344 e. The first-order valence-corrected chi connectivity index (χ1v) is 7.78. The Morgan fingerprint density at radius 1 is 1.23 bits per heavy atom. The van der Waals surface area contributed by atoms with Gasteiger partial charge in [-0.25, -0.2) is 4.79 Å². The highest BCUT2D eigenvalue weighted by Crippen LogP contribution is 2.74. The number of anilines is 1. The Balaban J connectivity index is 1.85. The van der Waals surface area contributed by atoms with Crippen molar-refractivity contribution in [1.29, 1.82) is 0 Å². The monoisotopic (exact) mass is 301 g/mol. The largest absolute Gasteiger partial charge is 0.456 e. The van der Waals surface area contributed by atoms with Crippen LogP contribution in [0, 0.1) is 5.41 Å². The van der Waals surface area contributed by atoms with Gasteiger partial charge in [-0.3, -0.25) is 4.79 Å². The summed E-state index contributed by atoms with van der Waals surface area (Å²) in [5, 5.41) is 14.1. The number of esters is 1. The molecule has 1 amide bonds. The number of carbonyl (C=O) groups excluding carboxylic acids is 2. The van der Waals surface area contributed by atoms with Gasteiger partial charge in [0.1, 0.15) is 5.60 Å². The molecule has 0 aromatic heterocycles. The van der Waals surface area contributed by atoms with Gasteiger partial charge < -0.3 is 15.2 Å². The highest BCUT2D eigenvalue weighted by atomic mass is 16.6. The number of hydrogen-bond acceptors (Lipinski definition) is 4. The Morgan fingerprint density at radius 2 is 1.91 bits per heavy atom. The summed E-state index contributed by atoms with van der Waals surface area (Å²) in [5.41, 5.74) is -1.74. The van der Waals surface area contributed by atoms with E-state index in [1.807, 2.05) is 0 Å². The van der Waals surface area contributed by atoms with Gasteiger partial charge in [-0.1, -0.05) is 18.2 Å². The maximum absolute atomic E-state index is 12.6. The van der Waals surface area contributed by atoms with E-state index < -0.39 is 22.6 Å². The summed E-state index contributed by atoms with van der Waals surface area (Å²) in [4.78, 5) is 24.0. The number of hydrogen-bond donors (Lipinski definition) is 2. The van der Waals surface area contributed by atoms with Crippen molar-refractivity contribution in [3.63, 3.8) is 0 Å². The summed E-state index contributed by atoms with van der Waals surface area (Å²) in [6.45, 7) is 1.41. The molecule has 2 aliphatic carbocycles. The number of amides is 1. The first kappa shape index (κ1) is 13.8. The molecule has 1 atom stereocenters. The Labute approximate surface area is 128 Å². The molecule has 22 heavy (non-hydrogen) atoms. The highest BCUT2D eigenvalue weighted by Gasteiger charge is 2.81. The lowest BCUT2D eigenvalue weighted by Gasteiger charge is -2.44. The van der Waals surface area contributed by atoms with Crippen molar-refractivity contribution in [3.05, 3.63) is 29.8 Å². The van der Waals surface area contributed by atoms with Crippen LogP contribution in [0.5, 0.6) is 0 Å². The van der Waals surface area contributed by atoms with E-state index in [2.05, 4.69) is 5.32 Å². The number of fused-ring (bicyclic) bond motifs is 1. The molecule has 116 valence electrons. The van der Waals surface area contributed by atoms with Crippen molar-refractivity contribution in [1.82, 2.24) is 0 Å². The van der Waals surface area contributed by atoms with E-state index in [0.717, 1.165) is 32.1 Å². The van der Waals surface area contributed by atoms with Crippen molar-refractivity contribution in [2.45, 2.75) is 50.2 Å². The molecule has 4 rings (SSSR count). The highest BCUT2D eigenvalue weighted by molar-refractivity contribution is 5.94. The van der Waals surface area contributed by atoms with Crippen LogP contribution in [0.2, 0.25) is 0 Å². The minimum Gasteiger partial charge on any atom is -0.456 e. The van der Waals surface area contributed by atoms with Gasteiger partial charge in [-0.2, -0.15) is 0 Å². The van der Waals surface area contributed by atoms with Crippen LogP contribution >= 0.6 is 0 Å². The van der Waals surface area contributed by atoms with Crippen molar-refractivity contribution in [2.75, 3.05) is 5.32 Å². The number of para-hydroxylation sites is 1. The van der Waals surface area contributed by atoms with Crippen LogP contribution in [0.3, 0.4) is 0 Å².